The normalized spacial score (nSPS) is 12.1. The lowest BCUT2D eigenvalue weighted by Crippen LogP contribution is -2.54. The minimum atomic E-state index is -0.664. The Morgan fingerprint density at radius 3 is 1.70 bits per heavy atom. The molecule has 1 N–H and O–H groups in total. The standard InChI is InChI=1S/C36H40N2O2/c1-27-20-22-29(23-21-27)26-38(33(35(40)37-36(2,3)4)24-28-14-8-5-9-15-28)34(39)25-32(30-16-10-6-11-17-30)31-18-12-7-13-19-31/h5-23,32-33H,24-26H2,1-4H3,(H,37,40)/t33-/m0/s1. The van der Waals surface area contributed by atoms with Crippen molar-refractivity contribution in [3.8, 4) is 0 Å². The highest BCUT2D eigenvalue weighted by atomic mass is 16.2. The molecule has 4 aromatic rings. The molecule has 0 saturated heterocycles. The van der Waals surface area contributed by atoms with Crippen LogP contribution in [0.25, 0.3) is 0 Å². The molecule has 4 heteroatoms. The number of aryl methyl sites for hydroxylation is 1. The molecule has 0 aliphatic heterocycles. The van der Waals surface area contributed by atoms with Gasteiger partial charge < -0.3 is 10.2 Å². The summed E-state index contributed by atoms with van der Waals surface area (Å²) >= 11 is 0. The van der Waals surface area contributed by atoms with Crippen molar-refractivity contribution in [2.45, 2.75) is 64.6 Å². The topological polar surface area (TPSA) is 49.4 Å². The van der Waals surface area contributed by atoms with Crippen molar-refractivity contribution in [2.24, 2.45) is 0 Å². The monoisotopic (exact) mass is 532 g/mol. The van der Waals surface area contributed by atoms with Crippen molar-refractivity contribution in [3.63, 3.8) is 0 Å². The molecule has 1 atom stereocenters. The molecule has 4 rings (SSSR count). The highest BCUT2D eigenvalue weighted by Gasteiger charge is 2.33. The van der Waals surface area contributed by atoms with Gasteiger partial charge in [0.25, 0.3) is 0 Å². The van der Waals surface area contributed by atoms with E-state index in [0.29, 0.717) is 13.0 Å². The maximum atomic E-state index is 14.4. The third-order valence-electron chi connectivity index (χ3n) is 7.03. The Kier molecular flexibility index (Phi) is 9.55. The van der Waals surface area contributed by atoms with Crippen LogP contribution >= 0.6 is 0 Å². The summed E-state index contributed by atoms with van der Waals surface area (Å²) in [6.45, 7) is 8.31. The van der Waals surface area contributed by atoms with Gasteiger partial charge >= 0.3 is 0 Å². The lowest BCUT2D eigenvalue weighted by molar-refractivity contribution is -0.142. The molecule has 0 bridgehead atoms. The van der Waals surface area contributed by atoms with Gasteiger partial charge in [-0.1, -0.05) is 121 Å². The van der Waals surface area contributed by atoms with E-state index in [4.69, 9.17) is 0 Å². The van der Waals surface area contributed by atoms with Gasteiger partial charge in [-0.15, -0.1) is 0 Å². The second-order valence-electron chi connectivity index (χ2n) is 11.5. The summed E-state index contributed by atoms with van der Waals surface area (Å²) in [6, 6.07) is 37.8. The van der Waals surface area contributed by atoms with Crippen LogP contribution in [-0.4, -0.2) is 28.3 Å². The molecule has 0 unspecified atom stereocenters. The van der Waals surface area contributed by atoms with Crippen LogP contribution in [-0.2, 0) is 22.6 Å². The number of amides is 2. The van der Waals surface area contributed by atoms with E-state index in [-0.39, 0.29) is 24.2 Å². The number of benzene rings is 4. The first-order valence-electron chi connectivity index (χ1n) is 14.0. The average molecular weight is 533 g/mol. The molecular weight excluding hydrogens is 492 g/mol. The van der Waals surface area contributed by atoms with E-state index < -0.39 is 11.6 Å². The highest BCUT2D eigenvalue weighted by Crippen LogP contribution is 2.30. The largest absolute Gasteiger partial charge is 0.350 e. The Morgan fingerprint density at radius 2 is 1.20 bits per heavy atom. The minimum absolute atomic E-state index is 0.0525. The molecule has 4 aromatic carbocycles. The number of carbonyl (C=O) groups is 2. The zero-order valence-electron chi connectivity index (χ0n) is 24.0. The minimum Gasteiger partial charge on any atom is -0.350 e. The molecule has 0 heterocycles. The Bertz CT molecular complexity index is 1320. The Labute approximate surface area is 239 Å². The Morgan fingerprint density at radius 1 is 0.700 bits per heavy atom. The van der Waals surface area contributed by atoms with Crippen molar-refractivity contribution >= 4 is 11.8 Å². The van der Waals surface area contributed by atoms with Gasteiger partial charge in [0, 0.05) is 30.8 Å². The van der Waals surface area contributed by atoms with Crippen molar-refractivity contribution in [1.29, 1.82) is 0 Å². The van der Waals surface area contributed by atoms with Crippen molar-refractivity contribution in [3.05, 3.63) is 143 Å². The zero-order chi connectivity index (χ0) is 28.5. The summed E-state index contributed by atoms with van der Waals surface area (Å²) in [5, 5.41) is 3.15. The smallest absolute Gasteiger partial charge is 0.243 e. The summed E-state index contributed by atoms with van der Waals surface area (Å²) in [6.07, 6.45) is 0.690. The van der Waals surface area contributed by atoms with Gasteiger partial charge in [0.05, 0.1) is 0 Å². The summed E-state index contributed by atoms with van der Waals surface area (Å²) in [5.74, 6) is -0.325. The Hall–Kier alpha value is -4.18. The molecule has 0 radical (unpaired) electrons. The van der Waals surface area contributed by atoms with Crippen molar-refractivity contribution in [2.75, 3.05) is 0 Å². The summed E-state index contributed by atoms with van der Waals surface area (Å²) < 4.78 is 0. The number of nitrogens with zero attached hydrogens (tertiary/aromatic N) is 1. The maximum Gasteiger partial charge on any atom is 0.243 e. The molecule has 0 aliphatic carbocycles. The fourth-order valence-corrected chi connectivity index (χ4v) is 4.99. The van der Waals surface area contributed by atoms with E-state index >= 15 is 0 Å². The second kappa shape index (κ2) is 13.3. The van der Waals surface area contributed by atoms with E-state index in [1.165, 1.54) is 0 Å². The van der Waals surface area contributed by atoms with Crippen LogP contribution < -0.4 is 5.32 Å². The van der Waals surface area contributed by atoms with Gasteiger partial charge in [0.1, 0.15) is 6.04 Å². The van der Waals surface area contributed by atoms with Crippen LogP contribution in [0.2, 0.25) is 0 Å². The van der Waals surface area contributed by atoms with Crippen LogP contribution in [0, 0.1) is 6.92 Å². The molecule has 0 saturated carbocycles. The summed E-state index contributed by atoms with van der Waals surface area (Å²) in [4.78, 5) is 30.1. The molecule has 0 aromatic heterocycles. The van der Waals surface area contributed by atoms with Crippen molar-refractivity contribution in [1.82, 2.24) is 10.2 Å². The predicted molar refractivity (Wildman–Crippen MR) is 163 cm³/mol. The van der Waals surface area contributed by atoms with Gasteiger partial charge in [-0.2, -0.15) is 0 Å². The van der Waals surface area contributed by atoms with Gasteiger partial charge in [-0.25, -0.2) is 0 Å². The maximum absolute atomic E-state index is 14.4. The fourth-order valence-electron chi connectivity index (χ4n) is 4.99. The quantitative estimate of drug-likeness (QED) is 0.237. The van der Waals surface area contributed by atoms with Crippen molar-refractivity contribution < 1.29 is 9.59 Å². The van der Waals surface area contributed by atoms with Gasteiger partial charge in [0.2, 0.25) is 11.8 Å². The molecule has 206 valence electrons. The number of carbonyl (C=O) groups excluding carboxylic acids is 2. The molecule has 0 spiro atoms. The number of rotatable bonds is 10. The number of hydrogen-bond acceptors (Lipinski definition) is 2. The van der Waals surface area contributed by atoms with E-state index in [1.807, 2.05) is 107 Å². The lowest BCUT2D eigenvalue weighted by atomic mass is 9.87. The predicted octanol–water partition coefficient (Wildman–Crippen LogP) is 7.07. The van der Waals surface area contributed by atoms with Crippen LogP contribution in [0.15, 0.2) is 115 Å². The Balaban J connectivity index is 1.74. The van der Waals surface area contributed by atoms with Gasteiger partial charge in [0.15, 0.2) is 0 Å². The summed E-state index contributed by atoms with van der Waals surface area (Å²) in [5.41, 5.74) is 4.90. The fraction of sp³-hybridized carbons (Fsp3) is 0.278. The van der Waals surface area contributed by atoms with Crippen LogP contribution in [0.5, 0.6) is 0 Å². The SMILES string of the molecule is Cc1ccc(CN(C(=O)CC(c2ccccc2)c2ccccc2)[C@@H](Cc2ccccc2)C(=O)NC(C)(C)C)cc1. The third-order valence-corrected chi connectivity index (χ3v) is 7.03. The van der Waals surface area contributed by atoms with Crippen LogP contribution in [0.3, 0.4) is 0 Å². The number of nitrogens with one attached hydrogen (secondary N) is 1. The van der Waals surface area contributed by atoms with Gasteiger partial charge in [-0.3, -0.25) is 9.59 Å². The van der Waals surface area contributed by atoms with Crippen LogP contribution in [0.1, 0.15) is 60.9 Å². The highest BCUT2D eigenvalue weighted by molar-refractivity contribution is 5.89. The molecule has 4 nitrogen and oxygen atoms in total. The third kappa shape index (κ3) is 8.16. The molecule has 0 fully saturated rings. The first kappa shape index (κ1) is 28.8. The molecule has 0 aliphatic rings. The first-order valence-corrected chi connectivity index (χ1v) is 14.0. The second-order valence-corrected chi connectivity index (χ2v) is 11.5. The van der Waals surface area contributed by atoms with Gasteiger partial charge in [-0.05, 0) is 49.9 Å². The zero-order valence-corrected chi connectivity index (χ0v) is 24.0. The summed E-state index contributed by atoms with van der Waals surface area (Å²) in [7, 11) is 0. The van der Waals surface area contributed by atoms with E-state index in [9.17, 15) is 9.59 Å². The van der Waals surface area contributed by atoms with E-state index in [0.717, 1.165) is 27.8 Å². The lowest BCUT2D eigenvalue weighted by Gasteiger charge is -2.35. The molecule has 2 amide bonds. The molecule has 40 heavy (non-hydrogen) atoms. The molecular formula is C36H40N2O2. The first-order chi connectivity index (χ1) is 19.2. The van der Waals surface area contributed by atoms with Crippen LogP contribution in [0.4, 0.5) is 0 Å². The number of hydrogen-bond donors (Lipinski definition) is 1. The average Bonchev–Trinajstić information content (AvgIpc) is 2.95. The van der Waals surface area contributed by atoms with E-state index in [2.05, 4.69) is 41.7 Å². The van der Waals surface area contributed by atoms with E-state index in [1.54, 1.807) is 4.90 Å².